The van der Waals surface area contributed by atoms with Gasteiger partial charge in [-0.25, -0.2) is 0 Å². The lowest BCUT2D eigenvalue weighted by atomic mass is 10.1. The predicted molar refractivity (Wildman–Crippen MR) is 76.2 cm³/mol. The molecule has 20 heavy (non-hydrogen) atoms. The van der Waals surface area contributed by atoms with Crippen LogP contribution in [0.25, 0.3) is 10.9 Å². The van der Waals surface area contributed by atoms with Crippen molar-refractivity contribution in [1.82, 2.24) is 20.3 Å². The van der Waals surface area contributed by atoms with Gasteiger partial charge in [0.05, 0.1) is 29.7 Å². The van der Waals surface area contributed by atoms with Crippen molar-refractivity contribution in [2.75, 3.05) is 0 Å². The van der Waals surface area contributed by atoms with Crippen LogP contribution < -0.4 is 5.32 Å². The molecule has 0 spiro atoms. The number of amides is 1. The predicted octanol–water partition coefficient (Wildman–Crippen LogP) is 2.20. The maximum atomic E-state index is 12.2. The first-order chi connectivity index (χ1) is 9.74. The second-order valence-electron chi connectivity index (χ2n) is 4.58. The topological polar surface area (TPSA) is 70.7 Å². The highest BCUT2D eigenvalue weighted by Gasteiger charge is 2.11. The van der Waals surface area contributed by atoms with Gasteiger partial charge in [-0.3, -0.25) is 14.8 Å². The number of para-hydroxylation sites is 1. The lowest BCUT2D eigenvalue weighted by Gasteiger charge is -2.04. The Bertz CT molecular complexity index is 746. The number of nitrogens with one attached hydrogen (secondary N) is 2. The van der Waals surface area contributed by atoms with Gasteiger partial charge in [0, 0.05) is 23.3 Å². The Morgan fingerprint density at radius 2 is 2.10 bits per heavy atom. The molecule has 3 aromatic rings. The molecule has 3 rings (SSSR count). The zero-order valence-electron chi connectivity index (χ0n) is 11.1. The summed E-state index contributed by atoms with van der Waals surface area (Å²) >= 11 is 0. The molecule has 5 nitrogen and oxygen atoms in total. The number of aromatic amines is 1. The molecule has 0 bridgehead atoms. The second-order valence-corrected chi connectivity index (χ2v) is 4.58. The lowest BCUT2D eigenvalue weighted by Crippen LogP contribution is -2.23. The largest absolute Gasteiger partial charge is 0.360 e. The zero-order chi connectivity index (χ0) is 13.9. The summed E-state index contributed by atoms with van der Waals surface area (Å²) in [7, 11) is 0. The molecule has 1 aromatic carbocycles. The second kappa shape index (κ2) is 5.13. The van der Waals surface area contributed by atoms with E-state index in [1.807, 2.05) is 31.2 Å². The normalized spacial score (nSPS) is 10.7. The molecule has 0 aliphatic carbocycles. The molecular weight excluding hydrogens is 252 g/mol. The zero-order valence-corrected chi connectivity index (χ0v) is 11.1. The number of rotatable bonds is 3. The van der Waals surface area contributed by atoms with Crippen molar-refractivity contribution in [3.05, 3.63) is 59.8 Å². The van der Waals surface area contributed by atoms with E-state index in [1.54, 1.807) is 18.6 Å². The molecule has 5 heteroatoms. The van der Waals surface area contributed by atoms with Crippen LogP contribution in [0.5, 0.6) is 0 Å². The van der Waals surface area contributed by atoms with E-state index in [9.17, 15) is 4.79 Å². The number of H-pyrrole nitrogens is 1. The van der Waals surface area contributed by atoms with E-state index in [4.69, 9.17) is 0 Å². The van der Waals surface area contributed by atoms with Crippen molar-refractivity contribution in [2.24, 2.45) is 0 Å². The molecule has 0 saturated carbocycles. The van der Waals surface area contributed by atoms with Crippen molar-refractivity contribution >= 4 is 16.8 Å². The molecule has 2 N–H and O–H groups in total. The quantitative estimate of drug-likeness (QED) is 0.763. The van der Waals surface area contributed by atoms with Gasteiger partial charge in [-0.05, 0) is 13.0 Å². The number of aryl methyl sites for hydroxylation is 1. The van der Waals surface area contributed by atoms with Gasteiger partial charge in [-0.15, -0.1) is 0 Å². The maximum Gasteiger partial charge on any atom is 0.253 e. The molecule has 2 heterocycles. The number of nitrogens with zero attached hydrogens (tertiary/aromatic N) is 2. The summed E-state index contributed by atoms with van der Waals surface area (Å²) in [5.41, 5.74) is 3.19. The highest BCUT2D eigenvalue weighted by molar-refractivity contribution is 6.06. The summed E-state index contributed by atoms with van der Waals surface area (Å²) in [6, 6.07) is 7.71. The summed E-state index contributed by atoms with van der Waals surface area (Å²) in [6.07, 6.45) is 5.08. The molecule has 0 atom stereocenters. The van der Waals surface area contributed by atoms with Crippen molar-refractivity contribution in [3.8, 4) is 0 Å². The third-order valence-corrected chi connectivity index (χ3v) is 3.10. The average Bonchev–Trinajstić information content (AvgIpc) is 2.90. The lowest BCUT2D eigenvalue weighted by molar-refractivity contribution is 0.0952. The minimum absolute atomic E-state index is 0.121. The van der Waals surface area contributed by atoms with Gasteiger partial charge in [0.15, 0.2) is 0 Å². The van der Waals surface area contributed by atoms with Gasteiger partial charge < -0.3 is 10.3 Å². The van der Waals surface area contributed by atoms with Crippen molar-refractivity contribution in [1.29, 1.82) is 0 Å². The van der Waals surface area contributed by atoms with Gasteiger partial charge in [-0.1, -0.05) is 18.2 Å². The first-order valence-electron chi connectivity index (χ1n) is 6.36. The molecule has 0 aliphatic rings. The van der Waals surface area contributed by atoms with Gasteiger partial charge in [0.2, 0.25) is 0 Å². The van der Waals surface area contributed by atoms with Crippen LogP contribution in [0.1, 0.15) is 21.7 Å². The fraction of sp³-hybridized carbons (Fsp3) is 0.133. The van der Waals surface area contributed by atoms with Crippen molar-refractivity contribution in [2.45, 2.75) is 13.5 Å². The average molecular weight is 266 g/mol. The van der Waals surface area contributed by atoms with E-state index < -0.39 is 0 Å². The smallest absolute Gasteiger partial charge is 0.253 e. The number of fused-ring (bicyclic) bond motifs is 1. The standard InChI is InChI=1S/C15H14N4O/c1-10-6-17-11(7-16-10)8-19-15(20)13-9-18-14-5-3-2-4-12(13)14/h2-7,9,18H,8H2,1H3,(H,19,20). The molecule has 2 aromatic heterocycles. The van der Waals surface area contributed by atoms with Gasteiger partial charge >= 0.3 is 0 Å². The Labute approximate surface area is 116 Å². The number of aromatic nitrogens is 3. The molecule has 0 aliphatic heterocycles. The summed E-state index contributed by atoms with van der Waals surface area (Å²) in [6.45, 7) is 2.24. The van der Waals surface area contributed by atoms with Crippen LogP contribution in [-0.2, 0) is 6.54 Å². The highest BCUT2D eigenvalue weighted by Crippen LogP contribution is 2.17. The van der Waals surface area contributed by atoms with Crippen LogP contribution in [0.15, 0.2) is 42.9 Å². The van der Waals surface area contributed by atoms with Crippen LogP contribution in [-0.4, -0.2) is 20.9 Å². The molecule has 100 valence electrons. The van der Waals surface area contributed by atoms with Crippen molar-refractivity contribution in [3.63, 3.8) is 0 Å². The molecule has 0 radical (unpaired) electrons. The van der Waals surface area contributed by atoms with Crippen LogP contribution in [0.2, 0.25) is 0 Å². The van der Waals surface area contributed by atoms with Gasteiger partial charge in [0.25, 0.3) is 5.91 Å². The monoisotopic (exact) mass is 266 g/mol. The van der Waals surface area contributed by atoms with Gasteiger partial charge in [0.1, 0.15) is 0 Å². The molecule has 0 fully saturated rings. The first kappa shape index (κ1) is 12.3. The summed E-state index contributed by atoms with van der Waals surface area (Å²) in [5.74, 6) is -0.121. The van der Waals surface area contributed by atoms with Crippen LogP contribution in [0, 0.1) is 6.92 Å². The van der Waals surface area contributed by atoms with E-state index in [1.165, 1.54) is 0 Å². The number of benzene rings is 1. The van der Waals surface area contributed by atoms with E-state index in [0.717, 1.165) is 22.3 Å². The Hall–Kier alpha value is -2.69. The maximum absolute atomic E-state index is 12.2. The van der Waals surface area contributed by atoms with Crippen LogP contribution >= 0.6 is 0 Å². The summed E-state index contributed by atoms with van der Waals surface area (Å²) < 4.78 is 0. The SMILES string of the molecule is Cc1cnc(CNC(=O)c2c[nH]c3ccccc23)cn1. The molecule has 1 amide bonds. The van der Waals surface area contributed by atoms with E-state index in [-0.39, 0.29) is 5.91 Å². The fourth-order valence-electron chi connectivity index (χ4n) is 2.04. The third-order valence-electron chi connectivity index (χ3n) is 3.10. The number of carbonyl (C=O) groups is 1. The molecule has 0 unspecified atom stereocenters. The minimum Gasteiger partial charge on any atom is -0.360 e. The van der Waals surface area contributed by atoms with Crippen LogP contribution in [0.3, 0.4) is 0 Å². The molecular formula is C15H14N4O. The Morgan fingerprint density at radius 1 is 1.25 bits per heavy atom. The fourth-order valence-corrected chi connectivity index (χ4v) is 2.04. The summed E-state index contributed by atoms with van der Waals surface area (Å²) in [5, 5.41) is 3.77. The Morgan fingerprint density at radius 3 is 2.90 bits per heavy atom. The van der Waals surface area contributed by atoms with E-state index >= 15 is 0 Å². The minimum atomic E-state index is -0.121. The highest BCUT2D eigenvalue weighted by atomic mass is 16.1. The molecule has 0 saturated heterocycles. The van der Waals surface area contributed by atoms with Crippen molar-refractivity contribution < 1.29 is 4.79 Å². The Kier molecular flexibility index (Phi) is 3.16. The van der Waals surface area contributed by atoms with E-state index in [2.05, 4.69) is 20.3 Å². The number of hydrogen-bond donors (Lipinski definition) is 2. The Balaban J connectivity index is 1.75. The number of carbonyl (C=O) groups excluding carboxylic acids is 1. The van der Waals surface area contributed by atoms with Crippen LogP contribution in [0.4, 0.5) is 0 Å². The number of hydrogen-bond acceptors (Lipinski definition) is 3. The van der Waals surface area contributed by atoms with E-state index in [0.29, 0.717) is 12.1 Å². The third kappa shape index (κ3) is 2.38. The first-order valence-corrected chi connectivity index (χ1v) is 6.36. The summed E-state index contributed by atoms with van der Waals surface area (Å²) in [4.78, 5) is 23.6. The van der Waals surface area contributed by atoms with Gasteiger partial charge in [-0.2, -0.15) is 0 Å².